The summed E-state index contributed by atoms with van der Waals surface area (Å²) in [6.07, 6.45) is 7.35. The second kappa shape index (κ2) is 9.57. The van der Waals surface area contributed by atoms with Crippen LogP contribution in [0.3, 0.4) is 0 Å². The Bertz CT molecular complexity index is 1010. The van der Waals surface area contributed by atoms with E-state index in [-0.39, 0.29) is 34.2 Å². The van der Waals surface area contributed by atoms with Gasteiger partial charge in [0.2, 0.25) is 0 Å². The molecule has 35 heavy (non-hydrogen) atoms. The Morgan fingerprint density at radius 1 is 1.26 bits per heavy atom. The lowest BCUT2D eigenvalue weighted by Gasteiger charge is -2.34. The molecule has 4 rings (SSSR count). The van der Waals surface area contributed by atoms with Crippen LogP contribution in [-0.2, 0) is 25.1 Å². The van der Waals surface area contributed by atoms with E-state index in [2.05, 4.69) is 14.7 Å². The van der Waals surface area contributed by atoms with Crippen molar-refractivity contribution >= 4 is 16.3 Å². The minimum Gasteiger partial charge on any atom is -0.447 e. The number of carbonyl (C=O) groups excluding carboxylic acids is 1. The molecule has 6 atom stereocenters. The third-order valence-corrected chi connectivity index (χ3v) is 9.71. The van der Waals surface area contributed by atoms with Crippen molar-refractivity contribution in [1.82, 2.24) is 19.6 Å². The van der Waals surface area contributed by atoms with E-state index in [1.54, 1.807) is 38.4 Å². The van der Waals surface area contributed by atoms with Crippen LogP contribution in [0.1, 0.15) is 58.7 Å². The molecule has 1 aromatic rings. The van der Waals surface area contributed by atoms with Gasteiger partial charge in [-0.15, -0.1) is 0 Å². The highest BCUT2D eigenvalue weighted by molar-refractivity contribution is 7.83. The van der Waals surface area contributed by atoms with E-state index in [0.717, 1.165) is 31.5 Å². The fraction of sp³-hybridized carbons (Fsp3) is 0.792. The molecule has 1 aliphatic heterocycles. The monoisotopic (exact) mass is 510 g/mol. The van der Waals surface area contributed by atoms with E-state index in [1.807, 2.05) is 26.8 Å². The maximum absolute atomic E-state index is 12.9. The van der Waals surface area contributed by atoms with Crippen molar-refractivity contribution in [3.63, 3.8) is 0 Å². The minimum absolute atomic E-state index is 0.0638. The summed E-state index contributed by atoms with van der Waals surface area (Å²) in [5, 5.41) is 0. The Labute approximate surface area is 209 Å². The van der Waals surface area contributed by atoms with Gasteiger partial charge in [-0.1, -0.05) is 0 Å². The lowest BCUT2D eigenvalue weighted by Crippen LogP contribution is -2.56. The van der Waals surface area contributed by atoms with Crippen LogP contribution in [-0.4, -0.2) is 91.4 Å². The minimum atomic E-state index is -3.65. The molecule has 2 saturated carbocycles. The summed E-state index contributed by atoms with van der Waals surface area (Å²) in [6, 6.07) is 0.774. The molecule has 0 aromatic carbocycles. The zero-order chi connectivity index (χ0) is 25.6. The highest BCUT2D eigenvalue weighted by Gasteiger charge is 2.60. The number of quaternary nitrogens is 1. The molecule has 1 amide bonds. The fourth-order valence-corrected chi connectivity index (χ4v) is 6.54. The standard InChI is InChI=1S/C24H40N5O5S/c1-16(2)34-23(30)28-17(3)12-20(27-35(31,32)29(4,5)6)21(28)15-33-19-8-9-24(14-18(24)13-19)22-25-10-7-11-26-22/h7,10-11,16-21,27H,8-9,12-15H2,1-6H3/q+1/t17-,18-,19+,20+,21+,24-/m1/s1. The maximum Gasteiger partial charge on any atom is 0.410 e. The van der Waals surface area contributed by atoms with Gasteiger partial charge in [0.25, 0.3) is 0 Å². The molecule has 1 N–H and O–H groups in total. The predicted octanol–water partition coefficient (Wildman–Crippen LogP) is 2.22. The van der Waals surface area contributed by atoms with Crippen LogP contribution in [0.15, 0.2) is 18.5 Å². The molecule has 3 aliphatic rings. The first-order valence-electron chi connectivity index (χ1n) is 12.6. The number of amides is 1. The SMILES string of the molecule is CC(C)OC(=O)N1[C@H](C)C[C@H](NS(=O)(=O)[N+](C)(C)C)[C@@H]1CO[C@H]1CC[C@@]2(c3ncccn3)C[C@H]2C1. The molecule has 1 saturated heterocycles. The Kier molecular flexibility index (Phi) is 7.18. The number of ether oxygens (including phenoxy) is 2. The van der Waals surface area contributed by atoms with Crippen LogP contribution in [0.2, 0.25) is 0 Å². The molecule has 0 radical (unpaired) electrons. The lowest BCUT2D eigenvalue weighted by atomic mass is 9.86. The van der Waals surface area contributed by atoms with Crippen LogP contribution < -0.4 is 4.72 Å². The molecule has 0 unspecified atom stereocenters. The first-order valence-corrected chi connectivity index (χ1v) is 14.0. The van der Waals surface area contributed by atoms with Crippen molar-refractivity contribution in [2.75, 3.05) is 27.7 Å². The van der Waals surface area contributed by atoms with Gasteiger partial charge in [0.15, 0.2) is 0 Å². The average molecular weight is 511 g/mol. The van der Waals surface area contributed by atoms with E-state index < -0.39 is 28.4 Å². The third-order valence-electron chi connectivity index (χ3n) is 7.67. The normalized spacial score (nSPS) is 33.0. The number of aromatic nitrogens is 2. The summed E-state index contributed by atoms with van der Waals surface area (Å²) in [4.78, 5) is 23.6. The Balaban J connectivity index is 1.44. The average Bonchev–Trinajstić information content (AvgIpc) is 3.42. The number of fused-ring (bicyclic) bond motifs is 1. The zero-order valence-electron chi connectivity index (χ0n) is 21.7. The smallest absolute Gasteiger partial charge is 0.410 e. The Morgan fingerprint density at radius 3 is 2.54 bits per heavy atom. The second-order valence-corrected chi connectivity index (χ2v) is 13.7. The lowest BCUT2D eigenvalue weighted by molar-refractivity contribution is -0.740. The molecule has 0 bridgehead atoms. The summed E-state index contributed by atoms with van der Waals surface area (Å²) in [5.74, 6) is 1.44. The van der Waals surface area contributed by atoms with Crippen molar-refractivity contribution in [3.8, 4) is 0 Å². The van der Waals surface area contributed by atoms with Gasteiger partial charge in [-0.05, 0) is 64.9 Å². The molecule has 10 nitrogen and oxygen atoms in total. The Hall–Kier alpha value is -1.82. The summed E-state index contributed by atoms with van der Waals surface area (Å²) >= 11 is 0. The highest BCUT2D eigenvalue weighted by Crippen LogP contribution is 2.61. The molecule has 2 aliphatic carbocycles. The van der Waals surface area contributed by atoms with Gasteiger partial charge in [-0.2, -0.15) is 13.1 Å². The summed E-state index contributed by atoms with van der Waals surface area (Å²) in [6.45, 7) is 5.80. The van der Waals surface area contributed by atoms with E-state index in [0.29, 0.717) is 12.3 Å². The number of hydrogen-bond acceptors (Lipinski definition) is 7. The van der Waals surface area contributed by atoms with E-state index in [4.69, 9.17) is 9.47 Å². The molecule has 0 spiro atoms. The number of hydrogen-bond donors (Lipinski definition) is 1. The van der Waals surface area contributed by atoms with Gasteiger partial charge in [0.1, 0.15) is 5.82 Å². The largest absolute Gasteiger partial charge is 0.447 e. The molecule has 2 heterocycles. The number of nitrogens with one attached hydrogen (secondary N) is 1. The van der Waals surface area contributed by atoms with Crippen molar-refractivity contribution in [2.45, 2.75) is 88.6 Å². The van der Waals surface area contributed by atoms with E-state index in [1.165, 1.54) is 0 Å². The zero-order valence-corrected chi connectivity index (χ0v) is 22.5. The molecular formula is C24H40N5O5S+. The van der Waals surface area contributed by atoms with Gasteiger partial charge in [0, 0.05) is 23.9 Å². The van der Waals surface area contributed by atoms with Crippen molar-refractivity contribution in [2.24, 2.45) is 5.92 Å². The summed E-state index contributed by atoms with van der Waals surface area (Å²) < 4.78 is 40.3. The first kappa shape index (κ1) is 26.2. The topological polar surface area (TPSA) is 111 Å². The van der Waals surface area contributed by atoms with Crippen LogP contribution in [0, 0.1) is 5.92 Å². The predicted molar refractivity (Wildman–Crippen MR) is 131 cm³/mol. The van der Waals surface area contributed by atoms with Crippen molar-refractivity contribution in [3.05, 3.63) is 24.3 Å². The summed E-state index contributed by atoms with van der Waals surface area (Å²) in [5.41, 5.74) is 0.0822. The number of carbonyl (C=O) groups is 1. The highest BCUT2D eigenvalue weighted by atomic mass is 32.2. The molecular weight excluding hydrogens is 470 g/mol. The second-order valence-electron chi connectivity index (χ2n) is 11.4. The third kappa shape index (κ3) is 5.33. The van der Waals surface area contributed by atoms with Crippen LogP contribution in [0.5, 0.6) is 0 Å². The van der Waals surface area contributed by atoms with Gasteiger partial charge in [-0.25, -0.2) is 18.7 Å². The molecule has 1 aromatic heterocycles. The number of rotatable bonds is 8. The molecule has 11 heteroatoms. The van der Waals surface area contributed by atoms with Crippen molar-refractivity contribution in [1.29, 1.82) is 0 Å². The van der Waals surface area contributed by atoms with E-state index in [9.17, 15) is 13.2 Å². The van der Waals surface area contributed by atoms with Crippen LogP contribution in [0.4, 0.5) is 4.79 Å². The molecule has 196 valence electrons. The summed E-state index contributed by atoms with van der Waals surface area (Å²) in [7, 11) is 1.17. The van der Waals surface area contributed by atoms with Gasteiger partial charge in [-0.3, -0.25) is 4.90 Å². The maximum atomic E-state index is 12.9. The van der Waals surface area contributed by atoms with Gasteiger partial charge < -0.3 is 9.47 Å². The molecule has 3 fully saturated rings. The van der Waals surface area contributed by atoms with Crippen LogP contribution >= 0.6 is 0 Å². The number of likely N-dealkylation sites (tertiary alicyclic amines) is 1. The first-order chi connectivity index (χ1) is 16.3. The number of nitrogens with zero attached hydrogens (tertiary/aromatic N) is 4. The Morgan fingerprint density at radius 2 is 1.94 bits per heavy atom. The quantitative estimate of drug-likeness (QED) is 0.534. The van der Waals surface area contributed by atoms with Crippen molar-refractivity contribution < 1.29 is 26.6 Å². The van der Waals surface area contributed by atoms with Crippen LogP contribution in [0.25, 0.3) is 0 Å². The van der Waals surface area contributed by atoms with E-state index >= 15 is 0 Å². The van der Waals surface area contributed by atoms with Gasteiger partial charge in [0.05, 0.1) is 52.0 Å². The fourth-order valence-electron chi connectivity index (χ4n) is 5.59. The van der Waals surface area contributed by atoms with Gasteiger partial charge >= 0.3 is 16.3 Å².